The van der Waals surface area contributed by atoms with Crippen molar-refractivity contribution in [3.8, 4) is 0 Å². The number of nitrogens with one attached hydrogen (secondary N) is 1. The van der Waals surface area contributed by atoms with Crippen molar-refractivity contribution in [3.05, 3.63) is 53.3 Å². The maximum Gasteiger partial charge on any atom is 0.0660 e. The van der Waals surface area contributed by atoms with Gasteiger partial charge in [0.15, 0.2) is 0 Å². The van der Waals surface area contributed by atoms with Gasteiger partial charge in [0.1, 0.15) is 0 Å². The first-order valence-corrected chi connectivity index (χ1v) is 7.88. The highest BCUT2D eigenvalue weighted by Crippen LogP contribution is 2.30. The Morgan fingerprint density at radius 3 is 2.52 bits per heavy atom. The highest BCUT2D eigenvalue weighted by atomic mass is 35.5. The van der Waals surface area contributed by atoms with Gasteiger partial charge < -0.3 is 10.2 Å². The average molecular weight is 302 g/mol. The molecule has 0 saturated carbocycles. The summed E-state index contributed by atoms with van der Waals surface area (Å²) in [5.74, 6) is 0. The predicted octanol–water partition coefficient (Wildman–Crippen LogP) is 4.34. The summed E-state index contributed by atoms with van der Waals surface area (Å²) in [4.78, 5) is 6.41. The van der Waals surface area contributed by atoms with Gasteiger partial charge in [-0.3, -0.25) is 4.98 Å². The molecule has 0 amide bonds. The number of hydrogen-bond donors (Lipinski definition) is 1. The molecule has 4 heteroatoms. The number of hydrogen-bond acceptors (Lipinski definition) is 3. The molecule has 1 aliphatic rings. The predicted molar refractivity (Wildman–Crippen MR) is 89.1 cm³/mol. The molecule has 1 N–H and O–H groups in total. The van der Waals surface area contributed by atoms with Gasteiger partial charge in [-0.05, 0) is 55.2 Å². The van der Waals surface area contributed by atoms with Crippen LogP contribution in [0.4, 0.5) is 11.4 Å². The number of aromatic nitrogens is 1. The fraction of sp³-hybridized carbons (Fsp3) is 0.353. The highest BCUT2D eigenvalue weighted by molar-refractivity contribution is 6.33. The minimum absolute atomic E-state index is 0.780. The first kappa shape index (κ1) is 14.2. The van der Waals surface area contributed by atoms with E-state index < -0.39 is 0 Å². The Balaban J connectivity index is 1.66. The molecular formula is C17H20ClN3. The van der Waals surface area contributed by atoms with Crippen LogP contribution in [-0.4, -0.2) is 18.1 Å². The van der Waals surface area contributed by atoms with Crippen LogP contribution in [0.1, 0.15) is 24.8 Å². The van der Waals surface area contributed by atoms with Crippen LogP contribution >= 0.6 is 11.6 Å². The summed E-state index contributed by atoms with van der Waals surface area (Å²) in [5.41, 5.74) is 3.42. The molecule has 1 aromatic heterocycles. The Hall–Kier alpha value is -1.74. The van der Waals surface area contributed by atoms with E-state index in [4.69, 9.17) is 11.6 Å². The van der Waals surface area contributed by atoms with Crippen molar-refractivity contribution in [2.45, 2.75) is 25.8 Å². The van der Waals surface area contributed by atoms with Crippen LogP contribution in [0.2, 0.25) is 5.02 Å². The topological polar surface area (TPSA) is 28.2 Å². The molecule has 1 saturated heterocycles. The Morgan fingerprint density at radius 2 is 1.81 bits per heavy atom. The number of piperidine rings is 1. The summed E-state index contributed by atoms with van der Waals surface area (Å²) >= 11 is 6.45. The number of pyridine rings is 1. The number of nitrogens with zero attached hydrogens (tertiary/aromatic N) is 2. The SMILES string of the molecule is Clc1cc(NCc2ccncc2)ccc1N1CCCCC1. The van der Waals surface area contributed by atoms with Gasteiger partial charge in [0.05, 0.1) is 10.7 Å². The Kier molecular flexibility index (Phi) is 4.61. The molecule has 0 bridgehead atoms. The summed E-state index contributed by atoms with van der Waals surface area (Å²) in [7, 11) is 0. The number of halogens is 1. The summed E-state index contributed by atoms with van der Waals surface area (Å²) in [6.07, 6.45) is 7.48. The normalized spacial score (nSPS) is 15.0. The summed E-state index contributed by atoms with van der Waals surface area (Å²) < 4.78 is 0. The monoisotopic (exact) mass is 301 g/mol. The molecule has 110 valence electrons. The van der Waals surface area contributed by atoms with Gasteiger partial charge in [-0.15, -0.1) is 0 Å². The zero-order chi connectivity index (χ0) is 14.5. The lowest BCUT2D eigenvalue weighted by Crippen LogP contribution is -2.29. The zero-order valence-corrected chi connectivity index (χ0v) is 12.8. The fourth-order valence-corrected chi connectivity index (χ4v) is 3.01. The average Bonchev–Trinajstić information content (AvgIpc) is 2.55. The van der Waals surface area contributed by atoms with E-state index in [9.17, 15) is 0 Å². The maximum absolute atomic E-state index is 6.45. The van der Waals surface area contributed by atoms with Crippen molar-refractivity contribution in [2.24, 2.45) is 0 Å². The zero-order valence-electron chi connectivity index (χ0n) is 12.1. The van der Waals surface area contributed by atoms with Crippen molar-refractivity contribution in [3.63, 3.8) is 0 Å². The second-order valence-corrected chi connectivity index (χ2v) is 5.83. The van der Waals surface area contributed by atoms with Crippen LogP contribution < -0.4 is 10.2 Å². The lowest BCUT2D eigenvalue weighted by atomic mass is 10.1. The molecular weight excluding hydrogens is 282 g/mol. The quantitative estimate of drug-likeness (QED) is 0.910. The summed E-state index contributed by atoms with van der Waals surface area (Å²) in [6, 6.07) is 10.3. The minimum atomic E-state index is 0.780. The van der Waals surface area contributed by atoms with E-state index in [1.54, 1.807) is 0 Å². The lowest BCUT2D eigenvalue weighted by Gasteiger charge is -2.29. The van der Waals surface area contributed by atoms with Crippen LogP contribution in [0, 0.1) is 0 Å². The van der Waals surface area contributed by atoms with Crippen LogP contribution in [0.3, 0.4) is 0 Å². The summed E-state index contributed by atoms with van der Waals surface area (Å²) in [5, 5.41) is 4.23. The van der Waals surface area contributed by atoms with Gasteiger partial charge in [-0.1, -0.05) is 11.6 Å². The Bertz CT molecular complexity index is 580. The third-order valence-electron chi connectivity index (χ3n) is 3.89. The summed E-state index contributed by atoms with van der Waals surface area (Å²) in [6.45, 7) is 3.01. The largest absolute Gasteiger partial charge is 0.381 e. The molecule has 0 aliphatic carbocycles. The standard InChI is InChI=1S/C17H20ClN3/c18-16-12-15(20-13-14-6-8-19-9-7-14)4-5-17(16)21-10-2-1-3-11-21/h4-9,12,20H,1-3,10-11,13H2. The fourth-order valence-electron chi connectivity index (χ4n) is 2.71. The van der Waals surface area contributed by atoms with Gasteiger partial charge in [0.2, 0.25) is 0 Å². The lowest BCUT2D eigenvalue weighted by molar-refractivity contribution is 0.578. The van der Waals surface area contributed by atoms with E-state index in [0.717, 1.165) is 36.0 Å². The van der Waals surface area contributed by atoms with Gasteiger partial charge in [-0.2, -0.15) is 0 Å². The molecule has 3 nitrogen and oxygen atoms in total. The smallest absolute Gasteiger partial charge is 0.0660 e. The molecule has 1 fully saturated rings. The minimum Gasteiger partial charge on any atom is -0.381 e. The van der Waals surface area contributed by atoms with Crippen LogP contribution in [0.15, 0.2) is 42.7 Å². The molecule has 1 aliphatic heterocycles. The Morgan fingerprint density at radius 1 is 1.05 bits per heavy atom. The molecule has 0 spiro atoms. The van der Waals surface area contributed by atoms with E-state index in [1.807, 2.05) is 30.6 Å². The molecule has 2 aromatic rings. The second kappa shape index (κ2) is 6.81. The van der Waals surface area contributed by atoms with E-state index >= 15 is 0 Å². The van der Waals surface area contributed by atoms with E-state index in [2.05, 4.69) is 27.3 Å². The number of benzene rings is 1. The van der Waals surface area contributed by atoms with Gasteiger partial charge in [0, 0.05) is 37.7 Å². The van der Waals surface area contributed by atoms with Gasteiger partial charge in [-0.25, -0.2) is 0 Å². The van der Waals surface area contributed by atoms with Crippen molar-refractivity contribution < 1.29 is 0 Å². The molecule has 2 heterocycles. The third-order valence-corrected chi connectivity index (χ3v) is 4.19. The van der Waals surface area contributed by atoms with Crippen molar-refractivity contribution in [1.82, 2.24) is 4.98 Å². The first-order valence-electron chi connectivity index (χ1n) is 7.50. The van der Waals surface area contributed by atoms with E-state index in [1.165, 1.54) is 24.8 Å². The van der Waals surface area contributed by atoms with E-state index in [0.29, 0.717) is 0 Å². The number of rotatable bonds is 4. The van der Waals surface area contributed by atoms with Crippen molar-refractivity contribution in [2.75, 3.05) is 23.3 Å². The van der Waals surface area contributed by atoms with E-state index in [-0.39, 0.29) is 0 Å². The maximum atomic E-state index is 6.45. The first-order chi connectivity index (χ1) is 10.3. The Labute approximate surface area is 131 Å². The second-order valence-electron chi connectivity index (χ2n) is 5.42. The molecule has 0 radical (unpaired) electrons. The molecule has 21 heavy (non-hydrogen) atoms. The molecule has 3 rings (SSSR count). The molecule has 0 unspecified atom stereocenters. The van der Waals surface area contributed by atoms with Crippen molar-refractivity contribution >= 4 is 23.0 Å². The molecule has 1 aromatic carbocycles. The molecule has 0 atom stereocenters. The number of anilines is 2. The van der Waals surface area contributed by atoms with Crippen LogP contribution in [-0.2, 0) is 6.54 Å². The van der Waals surface area contributed by atoms with Crippen molar-refractivity contribution in [1.29, 1.82) is 0 Å². The van der Waals surface area contributed by atoms with Crippen LogP contribution in [0.5, 0.6) is 0 Å². The van der Waals surface area contributed by atoms with Gasteiger partial charge in [0.25, 0.3) is 0 Å². The third kappa shape index (κ3) is 3.67. The highest BCUT2D eigenvalue weighted by Gasteiger charge is 2.13. The van der Waals surface area contributed by atoms with Crippen LogP contribution in [0.25, 0.3) is 0 Å². The van der Waals surface area contributed by atoms with Gasteiger partial charge >= 0.3 is 0 Å².